The number of aliphatic hydroxyl groups excluding tert-OH is 2. The van der Waals surface area contributed by atoms with Crippen LogP contribution in [0.25, 0.3) is 0 Å². The SMILES string of the molecule is CC(C)C/C=C/[C@@H](C)[C@H]1CCC2[C@]1(C)CC[C@@]13O[C@@]21[C@H](O)[C@@H]1O[C@@]12C[C@@H](O)CC[C@]32C. The predicted molar refractivity (Wildman–Crippen MR) is 119 cm³/mol. The normalized spacial score (nSPS) is 60.1. The van der Waals surface area contributed by atoms with Crippen molar-refractivity contribution in [3.8, 4) is 0 Å². The third-order valence-corrected chi connectivity index (χ3v) is 11.4. The summed E-state index contributed by atoms with van der Waals surface area (Å²) >= 11 is 0. The molecule has 6 fully saturated rings. The Bertz CT molecular complexity index is 809. The lowest BCUT2D eigenvalue weighted by Gasteiger charge is -2.56. The monoisotopic (exact) mass is 430 g/mol. The molecule has 1 spiro atoms. The van der Waals surface area contributed by atoms with Crippen molar-refractivity contribution in [1.82, 2.24) is 0 Å². The molecule has 31 heavy (non-hydrogen) atoms. The zero-order chi connectivity index (χ0) is 22.0. The molecule has 0 radical (unpaired) electrons. The lowest BCUT2D eigenvalue weighted by Crippen LogP contribution is -2.68. The Hall–Kier alpha value is -0.420. The number of fused-ring (bicyclic) bond motifs is 1. The fourth-order valence-corrected chi connectivity index (χ4v) is 9.76. The summed E-state index contributed by atoms with van der Waals surface area (Å²) in [5.74, 6) is 2.32. The van der Waals surface area contributed by atoms with E-state index in [2.05, 4.69) is 46.8 Å². The molecule has 174 valence electrons. The second-order valence-electron chi connectivity index (χ2n) is 13.0. The van der Waals surface area contributed by atoms with Crippen LogP contribution in [-0.4, -0.2) is 45.3 Å². The summed E-state index contributed by atoms with van der Waals surface area (Å²) in [7, 11) is 0. The molecule has 4 saturated carbocycles. The van der Waals surface area contributed by atoms with Crippen molar-refractivity contribution in [2.75, 3.05) is 0 Å². The van der Waals surface area contributed by atoms with Gasteiger partial charge in [-0.15, -0.1) is 0 Å². The number of epoxide rings is 2. The third kappa shape index (κ3) is 2.22. The van der Waals surface area contributed by atoms with Crippen LogP contribution in [0.4, 0.5) is 0 Å². The summed E-state index contributed by atoms with van der Waals surface area (Å²) in [5, 5.41) is 22.1. The molecule has 0 aromatic rings. The maximum atomic E-state index is 11.7. The van der Waals surface area contributed by atoms with Crippen LogP contribution in [0.1, 0.15) is 86.0 Å². The van der Waals surface area contributed by atoms with Crippen molar-refractivity contribution in [2.24, 2.45) is 34.5 Å². The lowest BCUT2D eigenvalue weighted by molar-refractivity contribution is -0.0911. The van der Waals surface area contributed by atoms with E-state index < -0.39 is 11.7 Å². The first-order valence-corrected chi connectivity index (χ1v) is 13.0. The van der Waals surface area contributed by atoms with Crippen molar-refractivity contribution >= 4 is 0 Å². The first-order chi connectivity index (χ1) is 14.6. The summed E-state index contributed by atoms with van der Waals surface area (Å²) in [4.78, 5) is 0. The van der Waals surface area contributed by atoms with Crippen LogP contribution in [0.15, 0.2) is 12.2 Å². The summed E-state index contributed by atoms with van der Waals surface area (Å²) in [6.07, 6.45) is 12.0. The standard InChI is InChI=1S/C27H42O4/c1-16(2)7-6-8-17(3)19-9-10-20-23(19,4)13-14-26-24(5)12-11-18(28)15-25(24)22(30-25)21(29)27(20,26)31-26/h6,8,16-22,28-29H,7,9-15H2,1-5H3/b8-6+/t17-,18+,19-,20?,21-,22+,23-,24+,25+,26+,27-/m1/s1. The van der Waals surface area contributed by atoms with Gasteiger partial charge in [0.1, 0.15) is 29.0 Å². The highest BCUT2D eigenvalue weighted by Crippen LogP contribution is 2.85. The third-order valence-electron chi connectivity index (χ3n) is 11.4. The number of allylic oxidation sites excluding steroid dienone is 2. The Labute approximate surface area is 187 Å². The molecule has 0 aromatic carbocycles. The Morgan fingerprint density at radius 2 is 1.81 bits per heavy atom. The molecule has 0 aromatic heterocycles. The van der Waals surface area contributed by atoms with Crippen molar-refractivity contribution in [1.29, 1.82) is 0 Å². The fourth-order valence-electron chi connectivity index (χ4n) is 9.76. The van der Waals surface area contributed by atoms with Crippen LogP contribution >= 0.6 is 0 Å². The van der Waals surface area contributed by atoms with Gasteiger partial charge in [0, 0.05) is 11.8 Å². The molecule has 2 heterocycles. The summed E-state index contributed by atoms with van der Waals surface area (Å²) < 4.78 is 13.3. The average molecular weight is 431 g/mol. The minimum absolute atomic E-state index is 0.0919. The molecule has 4 nitrogen and oxygen atoms in total. The Morgan fingerprint density at radius 3 is 2.55 bits per heavy atom. The molecule has 1 unspecified atom stereocenters. The van der Waals surface area contributed by atoms with Gasteiger partial charge in [-0.25, -0.2) is 0 Å². The number of hydrogen-bond acceptors (Lipinski definition) is 4. The quantitative estimate of drug-likeness (QED) is 0.504. The number of ether oxygens (including phenoxy) is 2. The average Bonchev–Trinajstić information content (AvgIpc) is 3.57. The molecular formula is C27H42O4. The van der Waals surface area contributed by atoms with Gasteiger partial charge in [0.2, 0.25) is 0 Å². The maximum absolute atomic E-state index is 11.7. The van der Waals surface area contributed by atoms with Crippen molar-refractivity contribution < 1.29 is 19.7 Å². The van der Waals surface area contributed by atoms with Gasteiger partial charge in [-0.2, -0.15) is 0 Å². The van der Waals surface area contributed by atoms with Crippen LogP contribution in [0.3, 0.4) is 0 Å². The van der Waals surface area contributed by atoms with Gasteiger partial charge in [-0.05, 0) is 74.0 Å². The van der Waals surface area contributed by atoms with E-state index in [0.717, 1.165) is 32.1 Å². The molecular weight excluding hydrogens is 388 g/mol. The molecule has 2 aliphatic heterocycles. The number of rotatable bonds is 4. The predicted octanol–water partition coefficient (Wildman–Crippen LogP) is 4.62. The van der Waals surface area contributed by atoms with E-state index >= 15 is 0 Å². The van der Waals surface area contributed by atoms with Gasteiger partial charge >= 0.3 is 0 Å². The van der Waals surface area contributed by atoms with E-state index in [1.807, 2.05) is 0 Å². The van der Waals surface area contributed by atoms with E-state index in [9.17, 15) is 10.2 Å². The van der Waals surface area contributed by atoms with Crippen molar-refractivity contribution in [2.45, 2.75) is 121 Å². The minimum atomic E-state index is -0.555. The highest BCUT2D eigenvalue weighted by Gasteiger charge is 2.97. The van der Waals surface area contributed by atoms with Crippen molar-refractivity contribution in [3.63, 3.8) is 0 Å². The summed E-state index contributed by atoms with van der Waals surface area (Å²) in [6.45, 7) is 11.8. The zero-order valence-corrected chi connectivity index (χ0v) is 20.1. The van der Waals surface area contributed by atoms with Gasteiger partial charge < -0.3 is 19.7 Å². The molecule has 4 aliphatic carbocycles. The first kappa shape index (κ1) is 21.1. The highest BCUT2D eigenvalue weighted by atomic mass is 16.7. The molecule has 6 rings (SSSR count). The molecule has 0 amide bonds. The van der Waals surface area contributed by atoms with Crippen LogP contribution in [-0.2, 0) is 9.47 Å². The van der Waals surface area contributed by atoms with Crippen LogP contribution < -0.4 is 0 Å². The van der Waals surface area contributed by atoms with Crippen LogP contribution in [0.2, 0.25) is 0 Å². The van der Waals surface area contributed by atoms with E-state index in [1.165, 1.54) is 12.8 Å². The Morgan fingerprint density at radius 1 is 1.03 bits per heavy atom. The second kappa shape index (κ2) is 6.17. The van der Waals surface area contributed by atoms with Gasteiger partial charge in [-0.3, -0.25) is 0 Å². The zero-order valence-electron chi connectivity index (χ0n) is 20.1. The van der Waals surface area contributed by atoms with Crippen LogP contribution in [0, 0.1) is 34.5 Å². The number of aliphatic hydroxyl groups is 2. The summed E-state index contributed by atoms with van der Waals surface area (Å²) in [5.41, 5.74) is -0.948. The molecule has 6 aliphatic rings. The van der Waals surface area contributed by atoms with E-state index in [4.69, 9.17) is 9.47 Å². The topological polar surface area (TPSA) is 65.5 Å². The Kier molecular flexibility index (Phi) is 4.21. The second-order valence-corrected chi connectivity index (χ2v) is 13.0. The fraction of sp³-hybridized carbons (Fsp3) is 0.926. The van der Waals surface area contributed by atoms with Gasteiger partial charge in [0.15, 0.2) is 0 Å². The Balaban J connectivity index is 1.33. The van der Waals surface area contributed by atoms with Gasteiger partial charge in [0.05, 0.1) is 6.10 Å². The van der Waals surface area contributed by atoms with Crippen molar-refractivity contribution in [3.05, 3.63) is 12.2 Å². The number of hydrogen-bond donors (Lipinski definition) is 2. The van der Waals surface area contributed by atoms with E-state index in [0.29, 0.717) is 30.1 Å². The molecule has 2 saturated heterocycles. The molecule has 0 bridgehead atoms. The van der Waals surface area contributed by atoms with Gasteiger partial charge in [-0.1, -0.05) is 46.8 Å². The molecule has 4 heteroatoms. The molecule has 11 atom stereocenters. The minimum Gasteiger partial charge on any atom is -0.393 e. The van der Waals surface area contributed by atoms with Crippen LogP contribution in [0.5, 0.6) is 0 Å². The smallest absolute Gasteiger partial charge is 0.130 e. The lowest BCUT2D eigenvalue weighted by atomic mass is 9.43. The largest absolute Gasteiger partial charge is 0.393 e. The van der Waals surface area contributed by atoms with E-state index in [-0.39, 0.29) is 34.2 Å². The van der Waals surface area contributed by atoms with Gasteiger partial charge in [0.25, 0.3) is 0 Å². The first-order valence-electron chi connectivity index (χ1n) is 13.0. The highest BCUT2D eigenvalue weighted by molar-refractivity contribution is 5.44. The van der Waals surface area contributed by atoms with E-state index in [1.54, 1.807) is 0 Å². The molecule has 2 N–H and O–H groups in total. The maximum Gasteiger partial charge on any atom is 0.130 e. The summed E-state index contributed by atoms with van der Waals surface area (Å²) in [6, 6.07) is 0.